The van der Waals surface area contributed by atoms with Gasteiger partial charge in [0.1, 0.15) is 22.9 Å². The van der Waals surface area contributed by atoms with Crippen molar-refractivity contribution in [3.63, 3.8) is 0 Å². The van der Waals surface area contributed by atoms with E-state index in [0.29, 0.717) is 15.6 Å². The Balaban J connectivity index is 1.40. The molecule has 1 unspecified atom stereocenters. The Morgan fingerprint density at radius 2 is 1.85 bits per heavy atom. The van der Waals surface area contributed by atoms with E-state index >= 15 is 0 Å². The summed E-state index contributed by atoms with van der Waals surface area (Å²) in [5.41, 5.74) is 0.790. The van der Waals surface area contributed by atoms with E-state index in [1.165, 1.54) is 42.5 Å². The lowest BCUT2D eigenvalue weighted by atomic mass is 9.92. The molecular formula is C23H20ClFN4O3S. The van der Waals surface area contributed by atoms with Crippen molar-refractivity contribution in [3.05, 3.63) is 74.8 Å². The number of hydrogen-bond acceptors (Lipinski definition) is 5. The number of carbonyl (C=O) groups excluding carboxylic acids is 3. The van der Waals surface area contributed by atoms with Gasteiger partial charge in [-0.15, -0.1) is 11.3 Å². The number of amides is 4. The highest BCUT2D eigenvalue weighted by atomic mass is 35.5. The van der Waals surface area contributed by atoms with Gasteiger partial charge in [-0.25, -0.2) is 14.2 Å². The summed E-state index contributed by atoms with van der Waals surface area (Å²) < 4.78 is 13.2. The van der Waals surface area contributed by atoms with Crippen LogP contribution in [0.3, 0.4) is 0 Å². The van der Waals surface area contributed by atoms with Gasteiger partial charge in [-0.1, -0.05) is 35.9 Å². The van der Waals surface area contributed by atoms with Gasteiger partial charge >= 0.3 is 6.03 Å². The molecule has 1 aliphatic heterocycles. The largest absolute Gasteiger partial charge is 0.348 e. The smallest absolute Gasteiger partial charge is 0.325 e. The van der Waals surface area contributed by atoms with Crippen LogP contribution in [-0.2, 0) is 21.7 Å². The molecule has 10 heteroatoms. The molecule has 0 bridgehead atoms. The topological polar surface area (TPSA) is 91.4 Å². The van der Waals surface area contributed by atoms with Gasteiger partial charge in [-0.05, 0) is 43.7 Å². The maximum absolute atomic E-state index is 13.2. The van der Waals surface area contributed by atoms with E-state index in [1.54, 1.807) is 12.1 Å². The molecule has 1 atom stereocenters. The maximum Gasteiger partial charge on any atom is 0.325 e. The first-order valence-corrected chi connectivity index (χ1v) is 11.3. The Bertz CT molecular complexity index is 1230. The first kappa shape index (κ1) is 22.9. The first-order valence-electron chi connectivity index (χ1n) is 10.1. The standard InChI is InChI=1S/C23H20ClFN4O3S/c1-13-20(14-3-7-16(24)8-4-14)27-19(33-13)11-26-18(30)12-29-21(31)23(2,28-22(29)32)15-5-9-17(25)10-6-15/h3-10H,11-12H2,1-2H3,(H,26,30)(H,28,32). The highest BCUT2D eigenvalue weighted by Crippen LogP contribution is 2.30. The predicted octanol–water partition coefficient (Wildman–Crippen LogP) is 3.99. The molecule has 0 saturated carbocycles. The molecule has 0 spiro atoms. The summed E-state index contributed by atoms with van der Waals surface area (Å²) in [7, 11) is 0. The molecule has 1 saturated heterocycles. The number of halogens is 2. The van der Waals surface area contributed by atoms with Crippen LogP contribution < -0.4 is 10.6 Å². The molecule has 170 valence electrons. The lowest BCUT2D eigenvalue weighted by Crippen LogP contribution is -2.43. The molecule has 4 amide bonds. The summed E-state index contributed by atoms with van der Waals surface area (Å²) in [6.07, 6.45) is 0. The summed E-state index contributed by atoms with van der Waals surface area (Å²) in [5.74, 6) is -1.53. The van der Waals surface area contributed by atoms with E-state index in [4.69, 9.17) is 11.6 Å². The quantitative estimate of drug-likeness (QED) is 0.515. The third-order valence-electron chi connectivity index (χ3n) is 5.39. The molecular weight excluding hydrogens is 467 g/mol. The molecule has 2 N–H and O–H groups in total. The number of nitrogens with zero attached hydrogens (tertiary/aromatic N) is 2. The number of urea groups is 1. The number of aryl methyl sites for hydroxylation is 1. The van der Waals surface area contributed by atoms with E-state index in [1.807, 2.05) is 19.1 Å². The van der Waals surface area contributed by atoms with E-state index in [9.17, 15) is 18.8 Å². The molecule has 0 radical (unpaired) electrons. The van der Waals surface area contributed by atoms with Crippen LogP contribution in [0.1, 0.15) is 22.4 Å². The van der Waals surface area contributed by atoms with Gasteiger partial charge < -0.3 is 10.6 Å². The van der Waals surface area contributed by atoms with Crippen molar-refractivity contribution in [3.8, 4) is 11.3 Å². The Hall–Kier alpha value is -3.30. The normalized spacial score (nSPS) is 17.9. The number of carbonyl (C=O) groups is 3. The third-order valence-corrected chi connectivity index (χ3v) is 6.62. The summed E-state index contributed by atoms with van der Waals surface area (Å²) in [4.78, 5) is 44.2. The molecule has 2 aromatic carbocycles. The summed E-state index contributed by atoms with van der Waals surface area (Å²) in [6.45, 7) is 3.19. The van der Waals surface area contributed by atoms with Crippen LogP contribution in [0.2, 0.25) is 5.02 Å². The fourth-order valence-corrected chi connectivity index (χ4v) is 4.62. The van der Waals surface area contributed by atoms with Crippen LogP contribution in [0.4, 0.5) is 9.18 Å². The number of benzene rings is 2. The predicted molar refractivity (Wildman–Crippen MR) is 123 cm³/mol. The second kappa shape index (κ2) is 8.92. The number of imide groups is 1. The molecule has 4 rings (SSSR count). The highest BCUT2D eigenvalue weighted by Gasteiger charge is 2.49. The van der Waals surface area contributed by atoms with E-state index < -0.39 is 35.7 Å². The molecule has 7 nitrogen and oxygen atoms in total. The molecule has 2 heterocycles. The van der Waals surface area contributed by atoms with Crippen LogP contribution in [0, 0.1) is 12.7 Å². The Labute approximate surface area is 198 Å². The lowest BCUT2D eigenvalue weighted by molar-refractivity contribution is -0.134. The number of thiazole rings is 1. The molecule has 1 fully saturated rings. The summed E-state index contributed by atoms with van der Waals surface area (Å²) in [6, 6.07) is 11.9. The maximum atomic E-state index is 13.2. The van der Waals surface area contributed by atoms with Crippen LogP contribution in [0.25, 0.3) is 11.3 Å². The zero-order valence-electron chi connectivity index (χ0n) is 17.8. The molecule has 3 aromatic rings. The Kier molecular flexibility index (Phi) is 6.18. The number of rotatable bonds is 6. The fraction of sp³-hybridized carbons (Fsp3) is 0.217. The zero-order chi connectivity index (χ0) is 23.8. The monoisotopic (exact) mass is 486 g/mol. The van der Waals surface area contributed by atoms with Crippen LogP contribution >= 0.6 is 22.9 Å². The van der Waals surface area contributed by atoms with Gasteiger partial charge in [0.25, 0.3) is 5.91 Å². The zero-order valence-corrected chi connectivity index (χ0v) is 19.4. The van der Waals surface area contributed by atoms with E-state index in [0.717, 1.165) is 21.0 Å². The minimum absolute atomic E-state index is 0.164. The number of nitrogens with one attached hydrogen (secondary N) is 2. The van der Waals surface area contributed by atoms with Crippen molar-refractivity contribution >= 4 is 40.8 Å². The average Bonchev–Trinajstić information content (AvgIpc) is 3.26. The van der Waals surface area contributed by atoms with Crippen molar-refractivity contribution in [1.82, 2.24) is 20.5 Å². The van der Waals surface area contributed by atoms with Gasteiger partial charge in [-0.3, -0.25) is 14.5 Å². The molecule has 1 aliphatic rings. The Morgan fingerprint density at radius 3 is 2.52 bits per heavy atom. The fourth-order valence-electron chi connectivity index (χ4n) is 3.60. The van der Waals surface area contributed by atoms with E-state index in [2.05, 4.69) is 15.6 Å². The second-order valence-electron chi connectivity index (χ2n) is 7.75. The molecule has 33 heavy (non-hydrogen) atoms. The van der Waals surface area contributed by atoms with Crippen LogP contribution in [-0.4, -0.2) is 34.3 Å². The number of aromatic nitrogens is 1. The summed E-state index contributed by atoms with van der Waals surface area (Å²) >= 11 is 7.39. The van der Waals surface area contributed by atoms with Crippen molar-refractivity contribution < 1.29 is 18.8 Å². The van der Waals surface area contributed by atoms with Gasteiger partial charge in [0.2, 0.25) is 5.91 Å². The minimum atomic E-state index is -1.37. The van der Waals surface area contributed by atoms with Crippen LogP contribution in [0.15, 0.2) is 48.5 Å². The van der Waals surface area contributed by atoms with Crippen LogP contribution in [0.5, 0.6) is 0 Å². The van der Waals surface area contributed by atoms with Gasteiger partial charge in [0.05, 0.1) is 12.2 Å². The van der Waals surface area contributed by atoms with Gasteiger partial charge in [0.15, 0.2) is 0 Å². The molecule has 1 aromatic heterocycles. The van der Waals surface area contributed by atoms with Crippen molar-refractivity contribution in [2.24, 2.45) is 0 Å². The minimum Gasteiger partial charge on any atom is -0.348 e. The first-order chi connectivity index (χ1) is 15.7. The highest BCUT2D eigenvalue weighted by molar-refractivity contribution is 7.12. The third kappa shape index (κ3) is 4.60. The van der Waals surface area contributed by atoms with Crippen molar-refractivity contribution in [2.75, 3.05) is 6.54 Å². The van der Waals surface area contributed by atoms with Gasteiger partial charge in [0, 0.05) is 15.5 Å². The lowest BCUT2D eigenvalue weighted by Gasteiger charge is -2.22. The van der Waals surface area contributed by atoms with Crippen molar-refractivity contribution in [2.45, 2.75) is 25.9 Å². The second-order valence-corrected chi connectivity index (χ2v) is 9.47. The van der Waals surface area contributed by atoms with E-state index in [-0.39, 0.29) is 6.54 Å². The van der Waals surface area contributed by atoms with Crippen molar-refractivity contribution in [1.29, 1.82) is 0 Å². The molecule has 0 aliphatic carbocycles. The van der Waals surface area contributed by atoms with Gasteiger partial charge in [-0.2, -0.15) is 0 Å². The average molecular weight is 487 g/mol. The summed E-state index contributed by atoms with van der Waals surface area (Å²) in [5, 5.41) is 6.63. The number of hydrogen-bond donors (Lipinski definition) is 2. The SMILES string of the molecule is Cc1sc(CNC(=O)CN2C(=O)NC(C)(c3ccc(F)cc3)C2=O)nc1-c1ccc(Cl)cc1. The Morgan fingerprint density at radius 1 is 1.18 bits per heavy atom.